The molecule has 0 radical (unpaired) electrons. The summed E-state index contributed by atoms with van der Waals surface area (Å²) in [7, 11) is 0. The molecule has 0 saturated carbocycles. The van der Waals surface area contributed by atoms with Crippen LogP contribution < -0.4 is 11.2 Å². The topological polar surface area (TPSA) is 153 Å². The van der Waals surface area contributed by atoms with Gasteiger partial charge in [-0.25, -0.2) is 9.78 Å². The Morgan fingerprint density at radius 2 is 1.97 bits per heavy atom. The van der Waals surface area contributed by atoms with Crippen LogP contribution in [-0.2, 0) is 19.5 Å². The van der Waals surface area contributed by atoms with E-state index in [0.29, 0.717) is 43.1 Å². The van der Waals surface area contributed by atoms with Crippen LogP contribution in [0.2, 0.25) is 5.28 Å². The third-order valence-electron chi connectivity index (χ3n) is 4.67. The lowest BCUT2D eigenvalue weighted by Crippen LogP contribution is -2.40. The van der Waals surface area contributed by atoms with E-state index in [1.165, 1.54) is 15.5 Å². The normalized spacial score (nSPS) is 11.5. The van der Waals surface area contributed by atoms with Crippen molar-refractivity contribution in [3.8, 4) is 11.7 Å². The second-order valence-electron chi connectivity index (χ2n) is 6.77. The minimum atomic E-state index is -0.423. The van der Waals surface area contributed by atoms with Crippen LogP contribution in [0.25, 0.3) is 22.9 Å². The minimum absolute atomic E-state index is 0.0869. The summed E-state index contributed by atoms with van der Waals surface area (Å²) in [5.41, 5.74) is -0.264. The Kier molecular flexibility index (Phi) is 5.74. The Labute approximate surface area is 174 Å². The van der Waals surface area contributed by atoms with Crippen LogP contribution in [0.1, 0.15) is 38.4 Å². The third-order valence-corrected chi connectivity index (χ3v) is 4.85. The van der Waals surface area contributed by atoms with E-state index in [4.69, 9.17) is 16.1 Å². The van der Waals surface area contributed by atoms with E-state index in [-0.39, 0.29) is 28.9 Å². The van der Waals surface area contributed by atoms with Crippen LogP contribution in [0.5, 0.6) is 0 Å². The second kappa shape index (κ2) is 8.61. The molecule has 0 fully saturated rings. The number of fused-ring (bicyclic) bond motifs is 1. The summed E-state index contributed by atoms with van der Waals surface area (Å²) >= 11 is 5.94. The molecule has 0 atom stereocenters. The number of halogens is 1. The van der Waals surface area contributed by atoms with Crippen molar-refractivity contribution < 1.29 is 4.52 Å². The molecule has 2 N–H and O–H groups in total. The van der Waals surface area contributed by atoms with Crippen molar-refractivity contribution in [1.82, 2.24) is 44.4 Å². The highest BCUT2D eigenvalue weighted by Crippen LogP contribution is 2.12. The Balaban J connectivity index is 1.47. The average molecular weight is 434 g/mol. The zero-order chi connectivity index (χ0) is 21.1. The molecule has 4 aromatic rings. The Hall–Kier alpha value is -3.28. The number of hydrogen-bond acceptors (Lipinski definition) is 8. The molecule has 0 spiro atoms. The number of nitrogens with one attached hydrogen (secondary N) is 2. The van der Waals surface area contributed by atoms with E-state index >= 15 is 0 Å². The van der Waals surface area contributed by atoms with Crippen molar-refractivity contribution in [2.45, 2.75) is 52.1 Å². The van der Waals surface area contributed by atoms with Crippen molar-refractivity contribution >= 4 is 22.8 Å². The zero-order valence-electron chi connectivity index (χ0n) is 16.3. The van der Waals surface area contributed by atoms with Crippen LogP contribution in [-0.4, -0.2) is 44.4 Å². The van der Waals surface area contributed by atoms with E-state index in [0.717, 1.165) is 12.8 Å². The first kappa shape index (κ1) is 20.0. The van der Waals surface area contributed by atoms with Gasteiger partial charge in [0.05, 0.1) is 0 Å². The number of rotatable bonds is 9. The SMILES string of the molecule is CCCCn1c(=O)n(CCCCc2noc(-c3nc[nH]n3)n2)c(=O)c2[nH]c(Cl)nc21. The molecule has 4 rings (SSSR count). The maximum atomic E-state index is 12.9. The minimum Gasteiger partial charge on any atom is -0.330 e. The van der Waals surface area contributed by atoms with Gasteiger partial charge in [-0.15, -0.1) is 5.10 Å². The zero-order valence-corrected chi connectivity index (χ0v) is 17.0. The quantitative estimate of drug-likeness (QED) is 0.297. The molecule has 13 heteroatoms. The number of aromatic amines is 2. The molecule has 158 valence electrons. The molecule has 0 amide bonds. The highest BCUT2D eigenvalue weighted by molar-refractivity contribution is 6.28. The fraction of sp³-hybridized carbons (Fsp3) is 0.471. The largest absolute Gasteiger partial charge is 0.332 e. The van der Waals surface area contributed by atoms with Crippen LogP contribution in [0.3, 0.4) is 0 Å². The number of imidazole rings is 1. The summed E-state index contributed by atoms with van der Waals surface area (Å²) in [5, 5.41) is 10.5. The number of nitrogens with zero attached hydrogens (tertiary/aromatic N) is 7. The lowest BCUT2D eigenvalue weighted by atomic mass is 10.2. The Morgan fingerprint density at radius 3 is 2.73 bits per heavy atom. The van der Waals surface area contributed by atoms with Gasteiger partial charge in [-0.2, -0.15) is 9.97 Å². The molecule has 0 aliphatic rings. The van der Waals surface area contributed by atoms with Crippen LogP contribution in [0.4, 0.5) is 0 Å². The van der Waals surface area contributed by atoms with Crippen LogP contribution in [0.15, 0.2) is 20.4 Å². The fourth-order valence-electron chi connectivity index (χ4n) is 3.16. The van der Waals surface area contributed by atoms with Crippen LogP contribution in [0, 0.1) is 0 Å². The molecule has 30 heavy (non-hydrogen) atoms. The third kappa shape index (κ3) is 3.90. The number of H-pyrrole nitrogens is 2. The van der Waals surface area contributed by atoms with Gasteiger partial charge in [0, 0.05) is 19.5 Å². The van der Waals surface area contributed by atoms with Gasteiger partial charge in [0.25, 0.3) is 11.4 Å². The average Bonchev–Trinajstić information content (AvgIpc) is 3.47. The van der Waals surface area contributed by atoms with Gasteiger partial charge in [-0.05, 0) is 30.9 Å². The first-order valence-corrected chi connectivity index (χ1v) is 10.0. The second-order valence-corrected chi connectivity index (χ2v) is 7.12. The van der Waals surface area contributed by atoms with Crippen molar-refractivity contribution in [1.29, 1.82) is 0 Å². The smallest absolute Gasteiger partial charge is 0.330 e. The number of aromatic nitrogens is 9. The maximum Gasteiger partial charge on any atom is 0.332 e. The van der Waals surface area contributed by atoms with E-state index < -0.39 is 5.56 Å². The molecule has 4 aromatic heterocycles. The maximum absolute atomic E-state index is 12.9. The standard InChI is InChI=1S/C17H20ClN9O3/c1-2-3-7-26-13-11(22-16(18)23-13)15(28)27(17(26)29)8-5-4-6-10-21-14(30-25-10)12-19-9-20-24-12/h9H,2-8H2,1H3,(H,22,23)(H,19,20,24). The highest BCUT2D eigenvalue weighted by atomic mass is 35.5. The van der Waals surface area contributed by atoms with Crippen molar-refractivity contribution in [2.75, 3.05) is 0 Å². The van der Waals surface area contributed by atoms with Gasteiger partial charge in [0.2, 0.25) is 11.1 Å². The van der Waals surface area contributed by atoms with E-state index in [9.17, 15) is 9.59 Å². The van der Waals surface area contributed by atoms with Gasteiger partial charge >= 0.3 is 5.69 Å². The van der Waals surface area contributed by atoms with Crippen molar-refractivity contribution in [3.63, 3.8) is 0 Å². The molecule has 0 bridgehead atoms. The lowest BCUT2D eigenvalue weighted by molar-refractivity contribution is 0.418. The Morgan fingerprint density at radius 1 is 1.13 bits per heavy atom. The van der Waals surface area contributed by atoms with Gasteiger partial charge < -0.3 is 9.51 Å². The van der Waals surface area contributed by atoms with Crippen LogP contribution >= 0.6 is 11.6 Å². The highest BCUT2D eigenvalue weighted by Gasteiger charge is 2.17. The molecular weight excluding hydrogens is 414 g/mol. The van der Waals surface area contributed by atoms with Crippen molar-refractivity contribution in [3.05, 3.63) is 38.3 Å². The summed E-state index contributed by atoms with van der Waals surface area (Å²) in [6.07, 6.45) is 4.91. The van der Waals surface area contributed by atoms with E-state index in [2.05, 4.69) is 35.3 Å². The van der Waals surface area contributed by atoms with Gasteiger partial charge in [0.1, 0.15) is 6.33 Å². The number of aryl methyl sites for hydroxylation is 2. The van der Waals surface area contributed by atoms with Gasteiger partial charge in [0.15, 0.2) is 17.0 Å². The van der Waals surface area contributed by atoms with Gasteiger partial charge in [-0.1, -0.05) is 18.5 Å². The molecular formula is C17H20ClN9O3. The first-order valence-electron chi connectivity index (χ1n) is 9.66. The predicted octanol–water partition coefficient (Wildman–Crippen LogP) is 1.53. The predicted molar refractivity (Wildman–Crippen MR) is 107 cm³/mol. The van der Waals surface area contributed by atoms with E-state index in [1.54, 1.807) is 0 Å². The summed E-state index contributed by atoms with van der Waals surface area (Å²) in [6, 6.07) is 0. The first-order chi connectivity index (χ1) is 14.6. The van der Waals surface area contributed by atoms with E-state index in [1.807, 2.05) is 6.92 Å². The monoisotopic (exact) mass is 433 g/mol. The Bertz CT molecular complexity index is 1250. The molecule has 0 aliphatic heterocycles. The molecule has 0 unspecified atom stereocenters. The van der Waals surface area contributed by atoms with Gasteiger partial charge in [-0.3, -0.25) is 19.0 Å². The number of hydrogen-bond donors (Lipinski definition) is 2. The summed E-state index contributed by atoms with van der Waals surface area (Å²) in [4.78, 5) is 40.7. The molecule has 0 saturated heterocycles. The molecule has 12 nitrogen and oxygen atoms in total. The molecule has 0 aliphatic carbocycles. The molecule has 4 heterocycles. The summed E-state index contributed by atoms with van der Waals surface area (Å²) < 4.78 is 7.86. The fourth-order valence-corrected chi connectivity index (χ4v) is 3.34. The summed E-state index contributed by atoms with van der Waals surface area (Å²) in [5.74, 6) is 1.08. The van der Waals surface area contributed by atoms with Crippen molar-refractivity contribution in [2.24, 2.45) is 0 Å². The molecule has 0 aromatic carbocycles. The number of unbranched alkanes of at least 4 members (excludes halogenated alkanes) is 2. The summed E-state index contributed by atoms with van der Waals surface area (Å²) in [6.45, 7) is 2.77. The lowest BCUT2D eigenvalue weighted by Gasteiger charge is -2.10.